The molecule has 0 spiro atoms. The molecule has 1 aromatic heterocycles. The van der Waals surface area contributed by atoms with E-state index in [0.29, 0.717) is 30.8 Å². The number of carbonyl (C=O) groups excluding carboxylic acids is 2. The lowest BCUT2D eigenvalue weighted by Gasteiger charge is -2.09. The highest BCUT2D eigenvalue weighted by atomic mass is 16.2. The van der Waals surface area contributed by atoms with Crippen LogP contribution >= 0.6 is 0 Å². The summed E-state index contributed by atoms with van der Waals surface area (Å²) in [4.78, 5) is 24.3. The fraction of sp³-hybridized carbons (Fsp3) is 0.444. The van der Waals surface area contributed by atoms with Gasteiger partial charge in [0, 0.05) is 18.2 Å². The monoisotopic (exact) mass is 356 g/mol. The van der Waals surface area contributed by atoms with Crippen LogP contribution in [0.15, 0.2) is 24.3 Å². The van der Waals surface area contributed by atoms with E-state index < -0.39 is 0 Å². The van der Waals surface area contributed by atoms with Crippen LogP contribution in [-0.2, 0) is 6.42 Å². The Bertz CT molecular complexity index is 779. The van der Waals surface area contributed by atoms with Crippen molar-refractivity contribution in [2.75, 3.05) is 13.1 Å². The summed E-state index contributed by atoms with van der Waals surface area (Å²) in [5, 5.41) is 14.0. The molecule has 8 nitrogen and oxygen atoms in total. The Balaban J connectivity index is 1.86. The van der Waals surface area contributed by atoms with E-state index in [1.54, 1.807) is 28.9 Å². The van der Waals surface area contributed by atoms with Crippen LogP contribution in [0.2, 0.25) is 0 Å². The summed E-state index contributed by atoms with van der Waals surface area (Å²) in [5.74, 6) is -0.310. The summed E-state index contributed by atoms with van der Waals surface area (Å²) >= 11 is 0. The summed E-state index contributed by atoms with van der Waals surface area (Å²) in [6.45, 7) is 2.97. The molecule has 0 aliphatic heterocycles. The van der Waals surface area contributed by atoms with Gasteiger partial charge in [0.15, 0.2) is 5.69 Å². The fourth-order valence-electron chi connectivity index (χ4n) is 2.68. The third kappa shape index (κ3) is 4.08. The third-order valence-electron chi connectivity index (χ3n) is 4.22. The first-order valence-electron chi connectivity index (χ1n) is 8.98. The molecule has 1 aliphatic carbocycles. The number of nitrogens with two attached hydrogens (primary N) is 1. The second-order valence-corrected chi connectivity index (χ2v) is 6.34. The predicted octanol–water partition coefficient (Wildman–Crippen LogP) is 0.801. The molecule has 1 aromatic carbocycles. The molecule has 1 fully saturated rings. The first-order valence-corrected chi connectivity index (χ1v) is 8.98. The van der Waals surface area contributed by atoms with E-state index in [9.17, 15) is 9.59 Å². The van der Waals surface area contributed by atoms with Gasteiger partial charge in [0.1, 0.15) is 0 Å². The normalized spacial score (nSPS) is 13.5. The zero-order chi connectivity index (χ0) is 18.5. The molecule has 0 unspecified atom stereocenters. The van der Waals surface area contributed by atoms with Gasteiger partial charge in [-0.25, -0.2) is 4.68 Å². The molecule has 0 atom stereocenters. The molecule has 0 saturated heterocycles. The van der Waals surface area contributed by atoms with Gasteiger partial charge in [0.05, 0.1) is 11.4 Å². The number of hydrogen-bond acceptors (Lipinski definition) is 5. The number of benzene rings is 1. The number of aromatic nitrogens is 3. The van der Waals surface area contributed by atoms with Crippen molar-refractivity contribution in [3.05, 3.63) is 41.2 Å². The smallest absolute Gasteiger partial charge is 0.273 e. The number of rotatable bonds is 8. The van der Waals surface area contributed by atoms with Gasteiger partial charge in [-0.05, 0) is 63.4 Å². The first kappa shape index (κ1) is 18.1. The van der Waals surface area contributed by atoms with E-state index in [2.05, 4.69) is 20.9 Å². The molecule has 1 heterocycles. The standard InChI is InChI=1S/C18H24N6O2/c1-2-20-17(25)12-5-9-14(10-6-12)24-15(4-3-11-19)16(22-23-24)18(26)21-13-7-8-13/h5-6,9-10,13H,2-4,7-8,11,19H2,1H3,(H,20,25)(H,21,26). The van der Waals surface area contributed by atoms with Crippen molar-refractivity contribution < 1.29 is 9.59 Å². The van der Waals surface area contributed by atoms with E-state index in [4.69, 9.17) is 5.73 Å². The van der Waals surface area contributed by atoms with Crippen LogP contribution in [0.3, 0.4) is 0 Å². The van der Waals surface area contributed by atoms with Gasteiger partial charge in [-0.1, -0.05) is 5.21 Å². The Hall–Kier alpha value is -2.74. The summed E-state index contributed by atoms with van der Waals surface area (Å²) in [7, 11) is 0. The van der Waals surface area contributed by atoms with Crippen LogP contribution in [0.5, 0.6) is 0 Å². The lowest BCUT2D eigenvalue weighted by atomic mass is 10.1. The molecule has 4 N–H and O–H groups in total. The number of amides is 2. The second kappa shape index (κ2) is 8.09. The van der Waals surface area contributed by atoms with Gasteiger partial charge in [0.25, 0.3) is 11.8 Å². The van der Waals surface area contributed by atoms with Crippen LogP contribution in [-0.4, -0.2) is 45.9 Å². The van der Waals surface area contributed by atoms with Crippen molar-refractivity contribution in [3.8, 4) is 5.69 Å². The summed E-state index contributed by atoms with van der Waals surface area (Å²) in [5.41, 5.74) is 8.05. The van der Waals surface area contributed by atoms with Gasteiger partial charge >= 0.3 is 0 Å². The Morgan fingerprint density at radius 3 is 2.58 bits per heavy atom. The lowest BCUT2D eigenvalue weighted by molar-refractivity contribution is 0.0940. The maximum absolute atomic E-state index is 12.4. The highest BCUT2D eigenvalue weighted by molar-refractivity contribution is 5.94. The quantitative estimate of drug-likeness (QED) is 0.647. The Kier molecular flexibility index (Phi) is 5.62. The van der Waals surface area contributed by atoms with E-state index >= 15 is 0 Å². The van der Waals surface area contributed by atoms with Crippen LogP contribution in [0.25, 0.3) is 5.69 Å². The van der Waals surface area contributed by atoms with Crippen LogP contribution in [0.1, 0.15) is 52.7 Å². The van der Waals surface area contributed by atoms with Gasteiger partial charge in [0.2, 0.25) is 0 Å². The summed E-state index contributed by atoms with van der Waals surface area (Å²) < 4.78 is 1.65. The Morgan fingerprint density at radius 2 is 1.96 bits per heavy atom. The molecular formula is C18H24N6O2. The van der Waals surface area contributed by atoms with Gasteiger partial charge in [-0.15, -0.1) is 5.10 Å². The van der Waals surface area contributed by atoms with Crippen LogP contribution < -0.4 is 16.4 Å². The van der Waals surface area contributed by atoms with Crippen molar-refractivity contribution in [2.24, 2.45) is 5.73 Å². The molecule has 0 bridgehead atoms. The zero-order valence-electron chi connectivity index (χ0n) is 14.9. The number of nitrogens with one attached hydrogen (secondary N) is 2. The van der Waals surface area contributed by atoms with Crippen molar-refractivity contribution in [1.29, 1.82) is 0 Å². The summed E-state index contributed by atoms with van der Waals surface area (Å²) in [6, 6.07) is 7.32. The molecule has 8 heteroatoms. The molecular weight excluding hydrogens is 332 g/mol. The predicted molar refractivity (Wildman–Crippen MR) is 97.2 cm³/mol. The summed E-state index contributed by atoms with van der Waals surface area (Å²) in [6.07, 6.45) is 3.36. The molecule has 2 aromatic rings. The highest BCUT2D eigenvalue weighted by Gasteiger charge is 2.27. The van der Waals surface area contributed by atoms with Gasteiger partial charge in [-0.3, -0.25) is 9.59 Å². The molecule has 1 saturated carbocycles. The number of nitrogens with zero attached hydrogens (tertiary/aromatic N) is 3. The topological polar surface area (TPSA) is 115 Å². The highest BCUT2D eigenvalue weighted by Crippen LogP contribution is 2.21. The first-order chi connectivity index (χ1) is 12.6. The molecule has 2 amide bonds. The minimum absolute atomic E-state index is 0.120. The Morgan fingerprint density at radius 1 is 1.23 bits per heavy atom. The van der Waals surface area contributed by atoms with E-state index in [1.165, 1.54) is 0 Å². The third-order valence-corrected chi connectivity index (χ3v) is 4.22. The SMILES string of the molecule is CCNC(=O)c1ccc(-n2nnc(C(=O)NC3CC3)c2CCCN)cc1. The second-order valence-electron chi connectivity index (χ2n) is 6.34. The molecule has 138 valence electrons. The number of carbonyl (C=O) groups is 2. The maximum Gasteiger partial charge on any atom is 0.273 e. The van der Waals surface area contributed by atoms with E-state index in [-0.39, 0.29) is 17.9 Å². The van der Waals surface area contributed by atoms with Crippen LogP contribution in [0.4, 0.5) is 0 Å². The molecule has 3 rings (SSSR count). The largest absolute Gasteiger partial charge is 0.352 e. The molecule has 0 radical (unpaired) electrons. The average molecular weight is 356 g/mol. The molecule has 1 aliphatic rings. The van der Waals surface area contributed by atoms with E-state index in [0.717, 1.165) is 30.6 Å². The Labute approximate surface area is 152 Å². The van der Waals surface area contributed by atoms with Crippen LogP contribution in [0, 0.1) is 0 Å². The zero-order valence-corrected chi connectivity index (χ0v) is 14.9. The van der Waals surface area contributed by atoms with E-state index in [1.807, 2.05) is 6.92 Å². The van der Waals surface area contributed by atoms with Gasteiger partial charge < -0.3 is 16.4 Å². The molecule has 26 heavy (non-hydrogen) atoms. The van der Waals surface area contributed by atoms with Crippen molar-refractivity contribution in [3.63, 3.8) is 0 Å². The van der Waals surface area contributed by atoms with Crippen molar-refractivity contribution in [1.82, 2.24) is 25.6 Å². The number of hydrogen-bond donors (Lipinski definition) is 3. The maximum atomic E-state index is 12.4. The minimum Gasteiger partial charge on any atom is -0.352 e. The lowest BCUT2D eigenvalue weighted by Crippen LogP contribution is -2.27. The van der Waals surface area contributed by atoms with Crippen molar-refractivity contribution in [2.45, 2.75) is 38.6 Å². The minimum atomic E-state index is -0.190. The van der Waals surface area contributed by atoms with Crippen molar-refractivity contribution >= 4 is 11.8 Å². The van der Waals surface area contributed by atoms with Gasteiger partial charge in [-0.2, -0.15) is 0 Å². The average Bonchev–Trinajstić information content (AvgIpc) is 3.36. The fourth-order valence-corrected chi connectivity index (χ4v) is 2.68.